The maximum atomic E-state index is 12.4. The number of benzene rings is 1. The molecule has 2 aromatic rings. The number of hydrogen-bond donors (Lipinski definition) is 3. The third-order valence-corrected chi connectivity index (χ3v) is 5.25. The van der Waals surface area contributed by atoms with Crippen LogP contribution in [0.15, 0.2) is 58.1 Å². The van der Waals surface area contributed by atoms with E-state index in [0.717, 1.165) is 15.7 Å². The van der Waals surface area contributed by atoms with Gasteiger partial charge in [-0.3, -0.25) is 19.1 Å². The van der Waals surface area contributed by atoms with Crippen molar-refractivity contribution in [1.82, 2.24) is 9.55 Å². The number of carbonyl (C=O) groups is 1. The quantitative estimate of drug-likeness (QED) is 0.645. The SMILES string of the molecule is Cn1c(=O)[nH]c(N)c(NC(=O)CC2(Br)C=CC(c3ccccc3)=CC2)c1=O. The van der Waals surface area contributed by atoms with Gasteiger partial charge in [0.05, 0.1) is 4.32 Å². The second kappa shape index (κ2) is 7.40. The number of amides is 1. The van der Waals surface area contributed by atoms with Gasteiger partial charge in [0, 0.05) is 13.5 Å². The lowest BCUT2D eigenvalue weighted by atomic mass is 9.90. The third-order valence-electron chi connectivity index (χ3n) is 4.38. The van der Waals surface area contributed by atoms with Gasteiger partial charge < -0.3 is 11.1 Å². The number of allylic oxidation sites excluding steroid dienone is 4. The first-order valence-electron chi connectivity index (χ1n) is 8.31. The molecule has 1 aromatic carbocycles. The number of anilines is 2. The maximum Gasteiger partial charge on any atom is 0.329 e. The number of nitrogen functional groups attached to an aromatic ring is 1. The fraction of sp³-hybridized carbons (Fsp3) is 0.211. The number of alkyl halides is 1. The number of aromatic nitrogens is 2. The molecule has 4 N–H and O–H groups in total. The first kappa shape index (κ1) is 18.9. The largest absolute Gasteiger partial charge is 0.383 e. The smallest absolute Gasteiger partial charge is 0.329 e. The van der Waals surface area contributed by atoms with Crippen LogP contribution in [0.1, 0.15) is 18.4 Å². The number of nitrogens with two attached hydrogens (primary N) is 1. The van der Waals surface area contributed by atoms with Gasteiger partial charge in [0.1, 0.15) is 11.5 Å². The van der Waals surface area contributed by atoms with Crippen LogP contribution in [0.5, 0.6) is 0 Å². The summed E-state index contributed by atoms with van der Waals surface area (Å²) in [4.78, 5) is 38.4. The molecule has 1 aliphatic carbocycles. The van der Waals surface area contributed by atoms with Crippen molar-refractivity contribution in [3.63, 3.8) is 0 Å². The van der Waals surface area contributed by atoms with Crippen LogP contribution in [-0.2, 0) is 11.8 Å². The van der Waals surface area contributed by atoms with E-state index in [1.165, 1.54) is 7.05 Å². The summed E-state index contributed by atoms with van der Waals surface area (Å²) in [7, 11) is 1.31. The number of nitrogens with zero attached hydrogens (tertiary/aromatic N) is 1. The Hall–Kier alpha value is -2.87. The summed E-state index contributed by atoms with van der Waals surface area (Å²) >= 11 is 3.61. The summed E-state index contributed by atoms with van der Waals surface area (Å²) in [6, 6.07) is 9.96. The van der Waals surface area contributed by atoms with E-state index in [1.807, 2.05) is 42.5 Å². The Morgan fingerprint density at radius 3 is 2.67 bits per heavy atom. The van der Waals surface area contributed by atoms with Crippen LogP contribution in [0.2, 0.25) is 0 Å². The number of aromatic amines is 1. The predicted molar refractivity (Wildman–Crippen MR) is 110 cm³/mol. The third kappa shape index (κ3) is 4.11. The topological polar surface area (TPSA) is 110 Å². The molecule has 1 atom stereocenters. The summed E-state index contributed by atoms with van der Waals surface area (Å²) in [5, 5.41) is 2.51. The average Bonchev–Trinajstić information content (AvgIpc) is 2.64. The highest BCUT2D eigenvalue weighted by Gasteiger charge is 2.29. The highest BCUT2D eigenvalue weighted by molar-refractivity contribution is 9.10. The molecule has 1 amide bonds. The molecule has 1 unspecified atom stereocenters. The lowest BCUT2D eigenvalue weighted by molar-refractivity contribution is -0.116. The number of rotatable bonds is 4. The molecule has 8 heteroatoms. The van der Waals surface area contributed by atoms with Crippen molar-refractivity contribution in [2.24, 2.45) is 7.05 Å². The summed E-state index contributed by atoms with van der Waals surface area (Å²) in [5.74, 6) is -0.547. The van der Waals surface area contributed by atoms with Crippen molar-refractivity contribution in [2.75, 3.05) is 11.1 Å². The maximum absolute atomic E-state index is 12.4. The van der Waals surface area contributed by atoms with Crippen molar-refractivity contribution in [1.29, 1.82) is 0 Å². The lowest BCUT2D eigenvalue weighted by Gasteiger charge is -2.25. The van der Waals surface area contributed by atoms with E-state index in [1.54, 1.807) is 0 Å². The van der Waals surface area contributed by atoms with Crippen LogP contribution in [0.4, 0.5) is 11.5 Å². The van der Waals surface area contributed by atoms with Gasteiger partial charge in [0.25, 0.3) is 5.56 Å². The van der Waals surface area contributed by atoms with E-state index in [2.05, 4.69) is 32.3 Å². The van der Waals surface area contributed by atoms with Gasteiger partial charge in [-0.25, -0.2) is 4.79 Å². The molecule has 140 valence electrons. The molecule has 0 bridgehead atoms. The molecule has 27 heavy (non-hydrogen) atoms. The normalized spacial score (nSPS) is 18.8. The zero-order valence-electron chi connectivity index (χ0n) is 14.7. The van der Waals surface area contributed by atoms with Crippen molar-refractivity contribution in [3.05, 3.63) is 75.0 Å². The fourth-order valence-corrected chi connectivity index (χ4v) is 3.39. The molecule has 0 saturated heterocycles. The van der Waals surface area contributed by atoms with Gasteiger partial charge in [0.2, 0.25) is 5.91 Å². The highest BCUT2D eigenvalue weighted by Crippen LogP contribution is 2.36. The molecule has 0 aliphatic heterocycles. The van der Waals surface area contributed by atoms with Gasteiger partial charge in [-0.2, -0.15) is 0 Å². The molecular weight excluding hydrogens is 412 g/mol. The Labute approximate surface area is 163 Å². The Kier molecular flexibility index (Phi) is 5.18. The van der Waals surface area contributed by atoms with Crippen LogP contribution in [0.3, 0.4) is 0 Å². The van der Waals surface area contributed by atoms with Crippen LogP contribution < -0.4 is 22.3 Å². The van der Waals surface area contributed by atoms with E-state index < -0.39 is 15.6 Å². The number of H-pyrrole nitrogens is 1. The van der Waals surface area contributed by atoms with Crippen LogP contribution in [-0.4, -0.2) is 19.8 Å². The Morgan fingerprint density at radius 2 is 2.04 bits per heavy atom. The zero-order chi connectivity index (χ0) is 19.6. The lowest BCUT2D eigenvalue weighted by Crippen LogP contribution is -2.37. The zero-order valence-corrected chi connectivity index (χ0v) is 16.2. The van der Waals surface area contributed by atoms with Crippen LogP contribution >= 0.6 is 15.9 Å². The number of halogens is 1. The van der Waals surface area contributed by atoms with Crippen molar-refractivity contribution >= 4 is 38.9 Å². The molecule has 0 spiro atoms. The molecule has 1 aliphatic rings. The number of carbonyl (C=O) groups excluding carboxylic acids is 1. The van der Waals surface area contributed by atoms with Crippen molar-refractivity contribution in [3.8, 4) is 0 Å². The molecule has 0 saturated carbocycles. The molecule has 0 radical (unpaired) electrons. The Bertz CT molecular complexity index is 1050. The minimum Gasteiger partial charge on any atom is -0.383 e. The number of hydrogen-bond acceptors (Lipinski definition) is 4. The van der Waals surface area contributed by atoms with Gasteiger partial charge in [-0.15, -0.1) is 0 Å². The molecule has 0 fully saturated rings. The summed E-state index contributed by atoms with van der Waals surface area (Å²) < 4.78 is 0.294. The standard InChI is InChI=1S/C19H19BrN4O3/c1-24-17(26)15(16(21)23-18(24)27)22-14(25)11-19(20)9-7-13(8-10-19)12-5-3-2-4-6-12/h2-9H,10-11,21H2,1H3,(H,22,25)(H,23,27). The van der Waals surface area contributed by atoms with Crippen LogP contribution in [0, 0.1) is 0 Å². The summed E-state index contributed by atoms with van der Waals surface area (Å²) in [5.41, 5.74) is 6.45. The predicted octanol–water partition coefficient (Wildman–Crippen LogP) is 2.16. The molecule has 1 aromatic heterocycles. The Morgan fingerprint density at radius 1 is 1.33 bits per heavy atom. The van der Waals surface area contributed by atoms with Crippen molar-refractivity contribution < 1.29 is 4.79 Å². The summed E-state index contributed by atoms with van der Waals surface area (Å²) in [6.45, 7) is 0. The van der Waals surface area contributed by atoms with E-state index in [9.17, 15) is 14.4 Å². The van der Waals surface area contributed by atoms with Gasteiger partial charge in [-0.05, 0) is 17.6 Å². The van der Waals surface area contributed by atoms with E-state index in [0.29, 0.717) is 6.42 Å². The average molecular weight is 431 g/mol. The van der Waals surface area contributed by atoms with Gasteiger partial charge in [0.15, 0.2) is 0 Å². The summed E-state index contributed by atoms with van der Waals surface area (Å²) in [6.07, 6.45) is 6.67. The Balaban J connectivity index is 1.72. The molecule has 7 nitrogen and oxygen atoms in total. The monoisotopic (exact) mass is 430 g/mol. The first-order valence-corrected chi connectivity index (χ1v) is 9.11. The molecule has 1 heterocycles. The molecule has 3 rings (SSSR count). The van der Waals surface area contributed by atoms with E-state index in [4.69, 9.17) is 5.73 Å². The highest BCUT2D eigenvalue weighted by atomic mass is 79.9. The van der Waals surface area contributed by atoms with Crippen LogP contribution in [0.25, 0.3) is 5.57 Å². The first-order chi connectivity index (χ1) is 12.8. The van der Waals surface area contributed by atoms with Gasteiger partial charge >= 0.3 is 5.69 Å². The second-order valence-electron chi connectivity index (χ2n) is 6.41. The second-order valence-corrected chi connectivity index (χ2v) is 7.98. The van der Waals surface area contributed by atoms with E-state index in [-0.39, 0.29) is 23.8 Å². The minimum absolute atomic E-state index is 0.101. The van der Waals surface area contributed by atoms with Gasteiger partial charge in [-0.1, -0.05) is 64.5 Å². The molecular formula is C19H19BrN4O3. The van der Waals surface area contributed by atoms with E-state index >= 15 is 0 Å². The number of nitrogens with one attached hydrogen (secondary N) is 2. The minimum atomic E-state index is -0.654. The van der Waals surface area contributed by atoms with Crippen molar-refractivity contribution in [2.45, 2.75) is 17.2 Å². The fourth-order valence-electron chi connectivity index (χ4n) is 2.84.